The molecule has 4 aliphatic rings. The van der Waals surface area contributed by atoms with Crippen LogP contribution in [0.5, 0.6) is 0 Å². The van der Waals surface area contributed by atoms with Gasteiger partial charge in [0.25, 0.3) is 0 Å². The van der Waals surface area contributed by atoms with Gasteiger partial charge in [-0.1, -0.05) is 98.5 Å². The largest absolute Gasteiger partial charge is 0.416 e. The van der Waals surface area contributed by atoms with Crippen molar-refractivity contribution in [3.63, 3.8) is 0 Å². The van der Waals surface area contributed by atoms with Gasteiger partial charge in [0.05, 0.1) is 11.1 Å². The summed E-state index contributed by atoms with van der Waals surface area (Å²) in [6.45, 7) is 0. The van der Waals surface area contributed by atoms with Crippen LogP contribution in [0.15, 0.2) is 133 Å². The lowest BCUT2D eigenvalue weighted by molar-refractivity contribution is -0.138. The molecule has 62 heavy (non-hydrogen) atoms. The second kappa shape index (κ2) is 15.0. The normalized spacial score (nSPS) is 21.3. The molecular formula is C54H46F6N2. The Balaban J connectivity index is 1.16. The van der Waals surface area contributed by atoms with Crippen LogP contribution in [0.1, 0.15) is 73.6 Å². The lowest BCUT2D eigenvalue weighted by Gasteiger charge is -2.46. The molecule has 2 heterocycles. The first kappa shape index (κ1) is 39.1. The molecule has 0 amide bonds. The monoisotopic (exact) mass is 836 g/mol. The lowest BCUT2D eigenvalue weighted by atomic mass is 9.75. The predicted octanol–water partition coefficient (Wildman–Crippen LogP) is 15.9. The van der Waals surface area contributed by atoms with E-state index in [1.807, 2.05) is 36.4 Å². The predicted molar refractivity (Wildman–Crippen MR) is 238 cm³/mol. The van der Waals surface area contributed by atoms with Crippen LogP contribution >= 0.6 is 0 Å². The molecule has 7 aromatic carbocycles. The zero-order valence-corrected chi connectivity index (χ0v) is 34.2. The van der Waals surface area contributed by atoms with Crippen LogP contribution in [0.3, 0.4) is 0 Å². The number of fused-ring (bicyclic) bond motifs is 6. The van der Waals surface area contributed by atoms with E-state index in [9.17, 15) is 26.3 Å². The van der Waals surface area contributed by atoms with E-state index in [0.29, 0.717) is 12.8 Å². The van der Waals surface area contributed by atoms with E-state index in [2.05, 4.69) is 70.5 Å². The van der Waals surface area contributed by atoms with Crippen molar-refractivity contribution in [1.29, 1.82) is 0 Å². The number of hydrogen-bond donors (Lipinski definition) is 0. The van der Waals surface area contributed by atoms with Crippen molar-refractivity contribution < 1.29 is 26.3 Å². The highest BCUT2D eigenvalue weighted by molar-refractivity contribution is 6.22. The quantitative estimate of drug-likeness (QED) is 0.129. The van der Waals surface area contributed by atoms with Gasteiger partial charge in [0.2, 0.25) is 0 Å². The number of benzene rings is 7. The maximum Gasteiger partial charge on any atom is 0.416 e. The molecule has 8 heteroatoms. The zero-order valence-electron chi connectivity index (χ0n) is 34.2. The van der Waals surface area contributed by atoms with E-state index in [1.54, 1.807) is 12.1 Å². The molecule has 2 nitrogen and oxygen atoms in total. The van der Waals surface area contributed by atoms with E-state index >= 15 is 0 Å². The third-order valence-electron chi connectivity index (χ3n) is 14.5. The molecule has 11 rings (SSSR count). The minimum atomic E-state index is -4.42. The molecule has 314 valence electrons. The van der Waals surface area contributed by atoms with E-state index in [-0.39, 0.29) is 23.9 Å². The Hall–Kier alpha value is -5.76. The Morgan fingerprint density at radius 3 is 1.21 bits per heavy atom. The van der Waals surface area contributed by atoms with E-state index in [1.165, 1.54) is 24.3 Å². The molecule has 4 unspecified atom stereocenters. The first-order chi connectivity index (χ1) is 30.0. The summed E-state index contributed by atoms with van der Waals surface area (Å²) in [4.78, 5) is 4.68. The van der Waals surface area contributed by atoms with Crippen molar-refractivity contribution in [3.05, 3.63) is 156 Å². The van der Waals surface area contributed by atoms with Crippen LogP contribution in [0, 0.1) is 11.8 Å². The Bertz CT molecular complexity index is 2640. The number of anilines is 4. The molecule has 2 aliphatic heterocycles. The van der Waals surface area contributed by atoms with Gasteiger partial charge in [-0.3, -0.25) is 0 Å². The summed E-state index contributed by atoms with van der Waals surface area (Å²) in [7, 11) is 0. The average molecular weight is 837 g/mol. The number of rotatable bonds is 4. The summed E-state index contributed by atoms with van der Waals surface area (Å²) in [5.74, 6) is 0.505. The molecule has 2 fully saturated rings. The molecule has 2 saturated carbocycles. The van der Waals surface area contributed by atoms with Gasteiger partial charge in [0, 0.05) is 34.8 Å². The molecule has 2 aliphatic carbocycles. The van der Waals surface area contributed by atoms with Crippen LogP contribution in [-0.4, -0.2) is 12.1 Å². The van der Waals surface area contributed by atoms with Gasteiger partial charge < -0.3 is 9.80 Å². The zero-order chi connectivity index (χ0) is 42.3. The first-order valence-electron chi connectivity index (χ1n) is 22.1. The Morgan fingerprint density at radius 1 is 0.403 bits per heavy atom. The summed E-state index contributed by atoms with van der Waals surface area (Å²) in [6, 6.07) is 42.9. The van der Waals surface area contributed by atoms with Crippen LogP contribution in [0.2, 0.25) is 0 Å². The van der Waals surface area contributed by atoms with Gasteiger partial charge in [-0.15, -0.1) is 0 Å². The van der Waals surface area contributed by atoms with Gasteiger partial charge in [0.1, 0.15) is 0 Å². The third-order valence-corrected chi connectivity index (χ3v) is 14.5. The number of alkyl halides is 6. The summed E-state index contributed by atoms with van der Waals surface area (Å²) in [6.07, 6.45) is 0.667. The van der Waals surface area contributed by atoms with Crippen molar-refractivity contribution in [2.45, 2.75) is 88.6 Å². The van der Waals surface area contributed by atoms with E-state index < -0.39 is 23.5 Å². The Morgan fingerprint density at radius 2 is 0.806 bits per heavy atom. The van der Waals surface area contributed by atoms with Crippen molar-refractivity contribution in [1.82, 2.24) is 0 Å². The highest BCUT2D eigenvalue weighted by Crippen LogP contribution is 2.52. The molecule has 0 spiro atoms. The SMILES string of the molecule is FC(F)(F)c1ccc2c(c1)CC1CCCCC1N2c1ccc2c(-c3ccccc3)c3cc(N4c5ccc(C(F)(F)F)cc5CC5CCCCC54)ccc3c(-c3ccccc3)c2c1. The van der Waals surface area contributed by atoms with Gasteiger partial charge in [-0.05, 0) is 166 Å². The maximum absolute atomic E-state index is 14.1. The number of hydrogen-bond acceptors (Lipinski definition) is 2. The molecule has 4 atom stereocenters. The molecule has 0 aromatic heterocycles. The minimum Gasteiger partial charge on any atom is -0.338 e. The average Bonchev–Trinajstić information content (AvgIpc) is 3.28. The molecule has 0 radical (unpaired) electrons. The van der Waals surface area contributed by atoms with Crippen LogP contribution in [0.4, 0.5) is 49.1 Å². The highest BCUT2D eigenvalue weighted by Gasteiger charge is 2.41. The molecule has 0 N–H and O–H groups in total. The fourth-order valence-corrected chi connectivity index (χ4v) is 11.8. The summed E-state index contributed by atoms with van der Waals surface area (Å²) in [5, 5.41) is 4.21. The summed E-state index contributed by atoms with van der Waals surface area (Å²) >= 11 is 0. The van der Waals surface area contributed by atoms with Crippen LogP contribution < -0.4 is 9.80 Å². The van der Waals surface area contributed by atoms with Crippen molar-refractivity contribution in [3.8, 4) is 22.3 Å². The molecule has 0 saturated heterocycles. The van der Waals surface area contributed by atoms with Gasteiger partial charge in [-0.2, -0.15) is 26.3 Å². The third kappa shape index (κ3) is 6.63. The standard InChI is InChI=1S/C54H46F6N2/c55-53(56,57)39-19-25-49-37(29-39)27-35-15-7-9-17-47(35)61(49)41-22-24-44-45(31-41)51(33-11-3-1-4-12-33)43-23-21-42(32-46(43)52(44)34-13-5-2-6-14-34)62-48-18-10-8-16-36(48)28-38-30-40(54(58,59)60)20-26-50(38)62/h1-6,11-14,19-26,29-32,35-36,47-48H,7-10,15-18,27-28H2. The van der Waals surface area contributed by atoms with Gasteiger partial charge in [0.15, 0.2) is 0 Å². The smallest absolute Gasteiger partial charge is 0.338 e. The van der Waals surface area contributed by atoms with Crippen molar-refractivity contribution in [2.24, 2.45) is 11.8 Å². The second-order valence-electron chi connectivity index (χ2n) is 18.0. The topological polar surface area (TPSA) is 6.48 Å². The van der Waals surface area contributed by atoms with E-state index in [0.717, 1.165) is 129 Å². The highest BCUT2D eigenvalue weighted by atomic mass is 19.4. The molecular weight excluding hydrogens is 791 g/mol. The fraction of sp³-hybridized carbons (Fsp3) is 0.296. The Labute approximate surface area is 357 Å². The summed E-state index contributed by atoms with van der Waals surface area (Å²) < 4.78 is 84.4. The number of nitrogens with zero attached hydrogens (tertiary/aromatic N) is 2. The first-order valence-corrected chi connectivity index (χ1v) is 22.1. The lowest BCUT2D eigenvalue weighted by Crippen LogP contribution is -2.44. The van der Waals surface area contributed by atoms with Gasteiger partial charge >= 0.3 is 12.4 Å². The second-order valence-corrected chi connectivity index (χ2v) is 18.0. The van der Waals surface area contributed by atoms with Gasteiger partial charge in [-0.25, -0.2) is 0 Å². The molecule has 7 aromatic rings. The van der Waals surface area contributed by atoms with Crippen LogP contribution in [0.25, 0.3) is 43.8 Å². The maximum atomic E-state index is 14.1. The summed E-state index contributed by atoms with van der Waals surface area (Å²) in [5.41, 5.74) is 8.14. The number of halogens is 6. The molecule has 0 bridgehead atoms. The van der Waals surface area contributed by atoms with Crippen molar-refractivity contribution in [2.75, 3.05) is 9.80 Å². The minimum absolute atomic E-state index is 0.172. The van der Waals surface area contributed by atoms with Crippen LogP contribution in [-0.2, 0) is 25.2 Å². The Kier molecular flexibility index (Phi) is 9.44. The fourth-order valence-electron chi connectivity index (χ4n) is 11.8. The van der Waals surface area contributed by atoms with Crippen molar-refractivity contribution >= 4 is 44.3 Å². The van der Waals surface area contributed by atoms with E-state index in [4.69, 9.17) is 0 Å².